The monoisotopic (exact) mass is 372 g/mol. The van der Waals surface area contributed by atoms with Crippen molar-refractivity contribution in [2.45, 2.75) is 52.7 Å². The number of carbonyl (C=O) groups is 1. The molecule has 0 aliphatic carbocycles. The van der Waals surface area contributed by atoms with E-state index < -0.39 is 10.1 Å². The van der Waals surface area contributed by atoms with Gasteiger partial charge in [-0.25, -0.2) is 4.79 Å². The third-order valence-electron chi connectivity index (χ3n) is 3.62. The highest BCUT2D eigenvalue weighted by Gasteiger charge is 2.21. The van der Waals surface area contributed by atoms with E-state index in [-0.39, 0.29) is 23.9 Å². The lowest BCUT2D eigenvalue weighted by Crippen LogP contribution is -2.46. The largest absolute Gasteiger partial charge is 0.493 e. The fourth-order valence-electron chi connectivity index (χ4n) is 2.22. The Bertz CT molecular complexity index is 688. The van der Waals surface area contributed by atoms with E-state index in [4.69, 9.17) is 8.92 Å². The lowest BCUT2D eigenvalue weighted by atomic mass is 10.1. The Morgan fingerprint density at radius 2 is 1.88 bits per heavy atom. The average molecular weight is 372 g/mol. The van der Waals surface area contributed by atoms with E-state index in [0.717, 1.165) is 18.2 Å². The molecule has 0 fully saturated rings. The number of rotatable bonds is 8. The van der Waals surface area contributed by atoms with Gasteiger partial charge in [-0.15, -0.1) is 0 Å². The minimum Gasteiger partial charge on any atom is -0.493 e. The van der Waals surface area contributed by atoms with Gasteiger partial charge in [0.1, 0.15) is 0 Å². The van der Waals surface area contributed by atoms with Gasteiger partial charge in [-0.3, -0.25) is 0 Å². The first-order valence-corrected chi connectivity index (χ1v) is 10.0. The van der Waals surface area contributed by atoms with E-state index >= 15 is 0 Å². The zero-order chi connectivity index (χ0) is 19.2. The summed E-state index contributed by atoms with van der Waals surface area (Å²) in [6.07, 6.45) is 1.77. The van der Waals surface area contributed by atoms with Crippen molar-refractivity contribution in [1.82, 2.24) is 10.2 Å². The third kappa shape index (κ3) is 6.81. The number of methoxy groups -OCH3 is 1. The van der Waals surface area contributed by atoms with Gasteiger partial charge in [0.25, 0.3) is 0 Å². The Morgan fingerprint density at radius 3 is 2.36 bits per heavy atom. The maximum Gasteiger partial charge on any atom is 0.318 e. The van der Waals surface area contributed by atoms with E-state index in [9.17, 15) is 13.2 Å². The molecular weight excluding hydrogens is 344 g/mol. The van der Waals surface area contributed by atoms with Gasteiger partial charge in [-0.1, -0.05) is 13.0 Å². The zero-order valence-corrected chi connectivity index (χ0v) is 16.5. The molecule has 1 atom stereocenters. The SMILES string of the molecule is CCC(C)N(Cc1ccc(OC)c(OS(C)(=O)=O)c1)C(=O)NC(C)C. The molecule has 142 valence electrons. The number of hydrogen-bond donors (Lipinski definition) is 1. The quantitative estimate of drug-likeness (QED) is 0.709. The van der Waals surface area contributed by atoms with Gasteiger partial charge in [0.05, 0.1) is 13.4 Å². The minimum absolute atomic E-state index is 0.0269. The van der Waals surface area contributed by atoms with Gasteiger partial charge in [0.15, 0.2) is 11.5 Å². The highest BCUT2D eigenvalue weighted by Crippen LogP contribution is 2.30. The van der Waals surface area contributed by atoms with Crippen molar-refractivity contribution in [3.05, 3.63) is 23.8 Å². The summed E-state index contributed by atoms with van der Waals surface area (Å²) >= 11 is 0. The third-order valence-corrected chi connectivity index (χ3v) is 4.10. The lowest BCUT2D eigenvalue weighted by Gasteiger charge is -2.30. The summed E-state index contributed by atoms with van der Waals surface area (Å²) in [5.74, 6) is 0.423. The molecule has 1 N–H and O–H groups in total. The predicted molar refractivity (Wildman–Crippen MR) is 97.4 cm³/mol. The van der Waals surface area contributed by atoms with E-state index in [1.807, 2.05) is 27.7 Å². The normalized spacial score (nSPS) is 12.6. The highest BCUT2D eigenvalue weighted by atomic mass is 32.2. The van der Waals surface area contributed by atoms with Gasteiger partial charge in [0, 0.05) is 18.6 Å². The second-order valence-corrected chi connectivity index (χ2v) is 7.84. The summed E-state index contributed by atoms with van der Waals surface area (Å²) in [6.45, 7) is 8.11. The van der Waals surface area contributed by atoms with Crippen LogP contribution < -0.4 is 14.2 Å². The molecular formula is C17H28N2O5S. The van der Waals surface area contributed by atoms with Gasteiger partial charge in [0.2, 0.25) is 0 Å². The van der Waals surface area contributed by atoms with Crippen molar-refractivity contribution in [1.29, 1.82) is 0 Å². The van der Waals surface area contributed by atoms with Crippen LogP contribution in [0.4, 0.5) is 4.79 Å². The summed E-state index contributed by atoms with van der Waals surface area (Å²) in [4.78, 5) is 14.2. The van der Waals surface area contributed by atoms with Crippen LogP contribution >= 0.6 is 0 Å². The predicted octanol–water partition coefficient (Wildman–Crippen LogP) is 2.75. The van der Waals surface area contributed by atoms with Crippen LogP contribution in [0.1, 0.15) is 39.7 Å². The number of hydrogen-bond acceptors (Lipinski definition) is 5. The Morgan fingerprint density at radius 1 is 1.24 bits per heavy atom. The average Bonchev–Trinajstić information content (AvgIpc) is 2.49. The first kappa shape index (κ1) is 21.1. The van der Waals surface area contributed by atoms with Crippen LogP contribution in [0.25, 0.3) is 0 Å². The summed E-state index contributed by atoms with van der Waals surface area (Å²) in [5, 5.41) is 2.89. The fourth-order valence-corrected chi connectivity index (χ4v) is 2.68. The molecule has 0 heterocycles. The minimum atomic E-state index is -3.68. The van der Waals surface area contributed by atoms with Crippen LogP contribution in [0.5, 0.6) is 11.5 Å². The Balaban J connectivity index is 3.11. The van der Waals surface area contributed by atoms with Crippen LogP contribution in [0.3, 0.4) is 0 Å². The standard InChI is InChI=1S/C17H28N2O5S/c1-7-13(4)19(17(20)18-12(2)3)11-14-8-9-15(23-5)16(10-14)24-25(6,21)22/h8-10,12-13H,7,11H2,1-6H3,(H,18,20). The lowest BCUT2D eigenvalue weighted by molar-refractivity contribution is 0.171. The number of ether oxygens (including phenoxy) is 1. The summed E-state index contributed by atoms with van der Waals surface area (Å²) in [7, 11) is -2.24. The second-order valence-electron chi connectivity index (χ2n) is 6.26. The molecule has 0 saturated carbocycles. The molecule has 0 saturated heterocycles. The van der Waals surface area contributed by atoms with Crippen LogP contribution in [0.15, 0.2) is 18.2 Å². The molecule has 1 aromatic rings. The number of nitrogens with zero attached hydrogens (tertiary/aromatic N) is 1. The molecule has 7 nitrogen and oxygen atoms in total. The Kier molecular flexibility index (Phi) is 7.54. The van der Waals surface area contributed by atoms with Crippen molar-refractivity contribution < 1.29 is 22.1 Å². The molecule has 2 amide bonds. The number of urea groups is 1. The van der Waals surface area contributed by atoms with Crippen LogP contribution in [-0.4, -0.2) is 44.8 Å². The molecule has 0 aromatic heterocycles. The summed E-state index contributed by atoms with van der Waals surface area (Å²) in [5.41, 5.74) is 0.749. The Labute approximate surface area is 150 Å². The van der Waals surface area contributed by atoms with Crippen molar-refractivity contribution in [2.75, 3.05) is 13.4 Å². The fraction of sp³-hybridized carbons (Fsp3) is 0.588. The van der Waals surface area contributed by atoms with Crippen molar-refractivity contribution >= 4 is 16.1 Å². The number of benzene rings is 1. The van der Waals surface area contributed by atoms with Gasteiger partial charge >= 0.3 is 16.1 Å². The molecule has 25 heavy (non-hydrogen) atoms. The van der Waals surface area contributed by atoms with Crippen molar-refractivity contribution in [3.8, 4) is 11.5 Å². The molecule has 0 spiro atoms. The second kappa shape index (κ2) is 8.94. The molecule has 1 unspecified atom stereocenters. The first-order valence-electron chi connectivity index (χ1n) is 8.20. The Hall–Kier alpha value is -1.96. The van der Waals surface area contributed by atoms with Gasteiger partial charge in [-0.05, 0) is 44.9 Å². The topological polar surface area (TPSA) is 84.9 Å². The molecule has 0 radical (unpaired) electrons. The van der Waals surface area contributed by atoms with Crippen LogP contribution in [0, 0.1) is 0 Å². The van der Waals surface area contributed by atoms with E-state index in [2.05, 4.69) is 5.32 Å². The van der Waals surface area contributed by atoms with Gasteiger partial charge in [-0.2, -0.15) is 8.42 Å². The maximum absolute atomic E-state index is 12.5. The smallest absolute Gasteiger partial charge is 0.318 e. The summed E-state index contributed by atoms with van der Waals surface area (Å²) in [6, 6.07) is 4.89. The molecule has 1 rings (SSSR count). The summed E-state index contributed by atoms with van der Waals surface area (Å²) < 4.78 is 33.0. The number of carbonyl (C=O) groups excluding carboxylic acids is 1. The van der Waals surface area contributed by atoms with Crippen LogP contribution in [-0.2, 0) is 16.7 Å². The molecule has 8 heteroatoms. The van der Waals surface area contributed by atoms with E-state index in [1.54, 1.807) is 23.1 Å². The van der Waals surface area contributed by atoms with E-state index in [0.29, 0.717) is 12.3 Å². The zero-order valence-electron chi connectivity index (χ0n) is 15.7. The van der Waals surface area contributed by atoms with E-state index in [1.165, 1.54) is 7.11 Å². The highest BCUT2D eigenvalue weighted by molar-refractivity contribution is 7.86. The molecule has 0 aliphatic rings. The van der Waals surface area contributed by atoms with Gasteiger partial charge < -0.3 is 19.1 Å². The molecule has 1 aromatic carbocycles. The maximum atomic E-state index is 12.5. The number of nitrogens with one attached hydrogen (secondary N) is 1. The van der Waals surface area contributed by atoms with Crippen LogP contribution in [0.2, 0.25) is 0 Å². The number of amides is 2. The van der Waals surface area contributed by atoms with Crippen molar-refractivity contribution in [3.63, 3.8) is 0 Å². The molecule has 0 bridgehead atoms. The molecule has 0 aliphatic heterocycles. The van der Waals surface area contributed by atoms with Crippen molar-refractivity contribution in [2.24, 2.45) is 0 Å². The first-order chi connectivity index (χ1) is 11.6.